The Morgan fingerprint density at radius 2 is 1.88 bits per heavy atom. The van der Waals surface area contributed by atoms with E-state index in [2.05, 4.69) is 4.90 Å². The van der Waals surface area contributed by atoms with Gasteiger partial charge in [0.25, 0.3) is 0 Å². The van der Waals surface area contributed by atoms with Crippen molar-refractivity contribution < 1.29 is 5.11 Å². The van der Waals surface area contributed by atoms with Gasteiger partial charge in [-0.05, 0) is 57.9 Å². The minimum absolute atomic E-state index is 0.347. The summed E-state index contributed by atoms with van der Waals surface area (Å²) in [5.41, 5.74) is 5.96. The normalized spacial score (nSPS) is 36.8. The topological polar surface area (TPSA) is 49.5 Å². The third-order valence-corrected chi connectivity index (χ3v) is 4.33. The van der Waals surface area contributed by atoms with Gasteiger partial charge >= 0.3 is 0 Å². The summed E-state index contributed by atoms with van der Waals surface area (Å²) >= 11 is 0. The van der Waals surface area contributed by atoms with E-state index < -0.39 is 0 Å². The monoisotopic (exact) mass is 226 g/mol. The van der Waals surface area contributed by atoms with Gasteiger partial charge in [-0.15, -0.1) is 0 Å². The van der Waals surface area contributed by atoms with E-state index in [1.54, 1.807) is 0 Å². The maximum Gasteiger partial charge on any atom is 0.0431 e. The maximum absolute atomic E-state index is 8.92. The first-order valence-electron chi connectivity index (χ1n) is 6.93. The van der Waals surface area contributed by atoms with Crippen LogP contribution >= 0.6 is 0 Å². The standard InChI is InChI=1S/C13H26N2O/c14-11-5-7-13(8-6-11)15-9-1-3-12(15)4-2-10-16/h11-13,16H,1-10,14H2. The number of hydrogen-bond acceptors (Lipinski definition) is 3. The van der Waals surface area contributed by atoms with Crippen LogP contribution in [-0.2, 0) is 0 Å². The summed E-state index contributed by atoms with van der Waals surface area (Å²) < 4.78 is 0. The minimum Gasteiger partial charge on any atom is -0.396 e. The quantitative estimate of drug-likeness (QED) is 0.763. The molecule has 3 heteroatoms. The van der Waals surface area contributed by atoms with Gasteiger partial charge in [-0.2, -0.15) is 0 Å². The molecule has 1 saturated heterocycles. The number of nitrogens with zero attached hydrogens (tertiary/aromatic N) is 1. The largest absolute Gasteiger partial charge is 0.396 e. The fourth-order valence-corrected chi connectivity index (χ4v) is 3.41. The average Bonchev–Trinajstić information content (AvgIpc) is 2.75. The summed E-state index contributed by atoms with van der Waals surface area (Å²) in [4.78, 5) is 2.71. The summed E-state index contributed by atoms with van der Waals surface area (Å²) in [5.74, 6) is 0. The van der Waals surface area contributed by atoms with Gasteiger partial charge in [-0.25, -0.2) is 0 Å². The van der Waals surface area contributed by atoms with Gasteiger partial charge in [0.1, 0.15) is 0 Å². The number of hydrogen-bond donors (Lipinski definition) is 2. The lowest BCUT2D eigenvalue weighted by atomic mass is 9.90. The Hall–Kier alpha value is -0.120. The maximum atomic E-state index is 8.92. The Balaban J connectivity index is 1.82. The van der Waals surface area contributed by atoms with E-state index >= 15 is 0 Å². The molecule has 2 fully saturated rings. The van der Waals surface area contributed by atoms with Crippen molar-refractivity contribution in [2.75, 3.05) is 13.2 Å². The Morgan fingerprint density at radius 1 is 1.12 bits per heavy atom. The van der Waals surface area contributed by atoms with E-state index in [1.807, 2.05) is 0 Å². The van der Waals surface area contributed by atoms with Crippen molar-refractivity contribution in [1.82, 2.24) is 4.90 Å². The van der Waals surface area contributed by atoms with Crippen LogP contribution in [-0.4, -0.2) is 41.3 Å². The van der Waals surface area contributed by atoms with Crippen molar-refractivity contribution in [2.45, 2.75) is 69.5 Å². The van der Waals surface area contributed by atoms with Crippen molar-refractivity contribution >= 4 is 0 Å². The highest BCUT2D eigenvalue weighted by Crippen LogP contribution is 2.30. The molecule has 1 heterocycles. The first kappa shape index (κ1) is 12.3. The molecule has 0 aromatic rings. The van der Waals surface area contributed by atoms with Gasteiger partial charge in [0, 0.05) is 24.7 Å². The highest BCUT2D eigenvalue weighted by Gasteiger charge is 2.32. The molecule has 0 amide bonds. The molecule has 1 atom stereocenters. The highest BCUT2D eigenvalue weighted by atomic mass is 16.2. The molecule has 2 rings (SSSR count). The number of nitrogens with two attached hydrogens (primary N) is 1. The predicted molar refractivity (Wildman–Crippen MR) is 66.3 cm³/mol. The molecule has 2 aliphatic rings. The van der Waals surface area contributed by atoms with Gasteiger partial charge in [-0.3, -0.25) is 4.90 Å². The van der Waals surface area contributed by atoms with Crippen LogP contribution in [0.5, 0.6) is 0 Å². The second-order valence-electron chi connectivity index (χ2n) is 5.47. The van der Waals surface area contributed by atoms with Crippen LogP contribution in [0.4, 0.5) is 0 Å². The summed E-state index contributed by atoms with van der Waals surface area (Å²) in [5, 5.41) is 8.92. The van der Waals surface area contributed by atoms with E-state index in [-0.39, 0.29) is 0 Å². The van der Waals surface area contributed by atoms with E-state index in [4.69, 9.17) is 10.8 Å². The zero-order chi connectivity index (χ0) is 11.4. The van der Waals surface area contributed by atoms with Crippen molar-refractivity contribution in [3.05, 3.63) is 0 Å². The molecule has 1 aliphatic carbocycles. The molecule has 0 bridgehead atoms. The van der Waals surface area contributed by atoms with Gasteiger partial charge in [0.2, 0.25) is 0 Å². The summed E-state index contributed by atoms with van der Waals surface area (Å²) in [6, 6.07) is 1.98. The summed E-state index contributed by atoms with van der Waals surface area (Å²) in [6.45, 7) is 1.62. The van der Waals surface area contributed by atoms with E-state index in [9.17, 15) is 0 Å². The first-order chi connectivity index (χ1) is 7.81. The molecule has 16 heavy (non-hydrogen) atoms. The van der Waals surface area contributed by atoms with Crippen molar-refractivity contribution in [1.29, 1.82) is 0 Å². The van der Waals surface area contributed by atoms with Gasteiger partial charge < -0.3 is 10.8 Å². The van der Waals surface area contributed by atoms with Crippen LogP contribution in [0.2, 0.25) is 0 Å². The average molecular weight is 226 g/mol. The van der Waals surface area contributed by atoms with Crippen molar-refractivity contribution in [3.63, 3.8) is 0 Å². The highest BCUT2D eigenvalue weighted by molar-refractivity contribution is 4.88. The van der Waals surface area contributed by atoms with Crippen LogP contribution in [0.25, 0.3) is 0 Å². The van der Waals surface area contributed by atoms with E-state index in [0.717, 1.165) is 18.5 Å². The Labute approximate surface area is 99.0 Å². The molecule has 1 unspecified atom stereocenters. The van der Waals surface area contributed by atoms with Crippen LogP contribution in [0.15, 0.2) is 0 Å². The molecule has 0 spiro atoms. The molecular formula is C13H26N2O. The zero-order valence-electron chi connectivity index (χ0n) is 10.3. The Bertz CT molecular complexity index is 202. The van der Waals surface area contributed by atoms with Crippen molar-refractivity contribution in [2.24, 2.45) is 5.73 Å². The number of aliphatic hydroxyl groups excluding tert-OH is 1. The first-order valence-corrected chi connectivity index (χ1v) is 6.93. The smallest absolute Gasteiger partial charge is 0.0431 e. The molecule has 94 valence electrons. The summed E-state index contributed by atoms with van der Waals surface area (Å²) in [7, 11) is 0. The van der Waals surface area contributed by atoms with Crippen LogP contribution in [0.3, 0.4) is 0 Å². The molecule has 3 nitrogen and oxygen atoms in total. The lowest BCUT2D eigenvalue weighted by molar-refractivity contribution is 0.125. The number of rotatable bonds is 4. The van der Waals surface area contributed by atoms with Gasteiger partial charge in [0.05, 0.1) is 0 Å². The zero-order valence-corrected chi connectivity index (χ0v) is 10.3. The second-order valence-corrected chi connectivity index (χ2v) is 5.47. The SMILES string of the molecule is NC1CCC(N2CCCC2CCCO)CC1. The second kappa shape index (κ2) is 5.99. The predicted octanol–water partition coefficient (Wildman–Crippen LogP) is 1.49. The van der Waals surface area contributed by atoms with Crippen LogP contribution in [0, 0.1) is 0 Å². The third kappa shape index (κ3) is 2.96. The van der Waals surface area contributed by atoms with Gasteiger partial charge in [-0.1, -0.05) is 0 Å². The third-order valence-electron chi connectivity index (χ3n) is 4.33. The van der Waals surface area contributed by atoms with E-state index in [0.29, 0.717) is 12.6 Å². The number of aliphatic hydroxyl groups is 1. The molecular weight excluding hydrogens is 200 g/mol. The van der Waals surface area contributed by atoms with Crippen LogP contribution < -0.4 is 5.73 Å². The lowest BCUT2D eigenvalue weighted by Gasteiger charge is -2.37. The molecule has 3 N–H and O–H groups in total. The molecule has 0 aromatic heterocycles. The lowest BCUT2D eigenvalue weighted by Crippen LogP contribution is -2.43. The fraction of sp³-hybridized carbons (Fsp3) is 1.00. The Morgan fingerprint density at radius 3 is 2.56 bits per heavy atom. The summed E-state index contributed by atoms with van der Waals surface area (Å²) in [6.07, 6.45) is 9.81. The van der Waals surface area contributed by atoms with Crippen molar-refractivity contribution in [3.8, 4) is 0 Å². The fourth-order valence-electron chi connectivity index (χ4n) is 3.41. The van der Waals surface area contributed by atoms with E-state index in [1.165, 1.54) is 51.5 Å². The molecule has 1 aliphatic heterocycles. The Kier molecular flexibility index (Phi) is 4.62. The molecule has 0 radical (unpaired) electrons. The van der Waals surface area contributed by atoms with Gasteiger partial charge in [0.15, 0.2) is 0 Å². The molecule has 1 saturated carbocycles. The molecule has 0 aromatic carbocycles. The minimum atomic E-state index is 0.347. The van der Waals surface area contributed by atoms with Crippen LogP contribution in [0.1, 0.15) is 51.4 Å². The number of likely N-dealkylation sites (tertiary alicyclic amines) is 1.